The number of methoxy groups -OCH3 is 2. The minimum absolute atomic E-state index is 0.0280. The van der Waals surface area contributed by atoms with Gasteiger partial charge in [0.15, 0.2) is 11.5 Å². The number of carbonyl (C=O) groups excluding carboxylic acids is 1. The number of aromatic hydroxyl groups is 1. The quantitative estimate of drug-likeness (QED) is 0.326. The minimum atomic E-state index is -0.753. The maximum absolute atomic E-state index is 15.1. The zero-order valence-electron chi connectivity index (χ0n) is 20.5. The zero-order valence-corrected chi connectivity index (χ0v) is 21.3. The highest BCUT2D eigenvalue weighted by Gasteiger charge is 2.43. The summed E-state index contributed by atoms with van der Waals surface area (Å²) in [6.07, 6.45) is 0.492. The predicted molar refractivity (Wildman–Crippen MR) is 138 cm³/mol. The van der Waals surface area contributed by atoms with E-state index in [4.69, 9.17) is 21.1 Å². The number of aromatic nitrogens is 2. The third kappa shape index (κ3) is 4.27. The molecule has 1 aromatic heterocycles. The number of halogens is 2. The molecule has 3 aromatic carbocycles. The fourth-order valence-corrected chi connectivity index (χ4v) is 4.96. The molecule has 7 nitrogen and oxygen atoms in total. The lowest BCUT2D eigenvalue weighted by molar-refractivity contribution is 0.0744. The van der Waals surface area contributed by atoms with Crippen LogP contribution in [0.25, 0.3) is 11.3 Å². The van der Waals surface area contributed by atoms with Gasteiger partial charge in [-0.3, -0.25) is 9.89 Å². The maximum atomic E-state index is 15.1. The number of hydrogen-bond donors (Lipinski definition) is 2. The highest BCUT2D eigenvalue weighted by Crippen LogP contribution is 2.46. The Kier molecular flexibility index (Phi) is 6.52. The van der Waals surface area contributed by atoms with Gasteiger partial charge in [-0.1, -0.05) is 35.9 Å². The van der Waals surface area contributed by atoms with Crippen LogP contribution in [0.3, 0.4) is 0 Å². The first-order valence-corrected chi connectivity index (χ1v) is 12.1. The van der Waals surface area contributed by atoms with Crippen LogP contribution >= 0.6 is 11.6 Å². The van der Waals surface area contributed by atoms with Crippen LogP contribution in [-0.4, -0.2) is 46.9 Å². The molecule has 0 aliphatic carbocycles. The van der Waals surface area contributed by atoms with Crippen molar-refractivity contribution in [3.8, 4) is 28.5 Å². The molecule has 1 amide bonds. The van der Waals surface area contributed by atoms with Gasteiger partial charge in [0, 0.05) is 28.3 Å². The van der Waals surface area contributed by atoms with Crippen LogP contribution in [0, 0.1) is 12.7 Å². The second-order valence-corrected chi connectivity index (χ2v) is 9.25. The number of phenolic OH excluding ortho intramolecular Hbond substituents is 1. The van der Waals surface area contributed by atoms with E-state index in [2.05, 4.69) is 10.2 Å². The number of aryl methyl sites for hydroxylation is 1. The van der Waals surface area contributed by atoms with Gasteiger partial charge in [0.2, 0.25) is 0 Å². The van der Waals surface area contributed by atoms with E-state index in [1.807, 2.05) is 18.2 Å². The molecule has 0 unspecified atom stereocenters. The standard InChI is InChI=1S/C28H25ClFN3O4/c1-15-12-21(34)18(14-19(15)29)25-24-26(32-31-25)28(35)33(27(24)17-6-4-5-7-20(17)30)11-10-16-8-9-22(36-2)23(13-16)37-3/h4-9,12-14,27,34H,10-11H2,1-3H3,(H,31,32)/t27-/m0/s1. The van der Waals surface area contributed by atoms with Crippen LogP contribution in [-0.2, 0) is 6.42 Å². The van der Waals surface area contributed by atoms with E-state index in [1.54, 1.807) is 56.4 Å². The number of aromatic amines is 1. The minimum Gasteiger partial charge on any atom is -0.507 e. The van der Waals surface area contributed by atoms with Crippen LogP contribution in [0.15, 0.2) is 54.6 Å². The number of ether oxygens (including phenoxy) is 2. The van der Waals surface area contributed by atoms with E-state index in [0.29, 0.717) is 57.4 Å². The third-order valence-electron chi connectivity index (χ3n) is 6.69. The topological polar surface area (TPSA) is 87.7 Å². The first-order valence-electron chi connectivity index (χ1n) is 11.7. The molecular formula is C28H25ClFN3O4. The number of fused-ring (bicyclic) bond motifs is 1. The van der Waals surface area contributed by atoms with Crippen molar-refractivity contribution < 1.29 is 23.8 Å². The van der Waals surface area contributed by atoms with Crippen molar-refractivity contribution in [2.45, 2.75) is 19.4 Å². The van der Waals surface area contributed by atoms with Crippen molar-refractivity contribution in [1.82, 2.24) is 15.1 Å². The lowest BCUT2D eigenvalue weighted by atomic mass is 9.94. The summed E-state index contributed by atoms with van der Waals surface area (Å²) in [4.78, 5) is 15.2. The van der Waals surface area contributed by atoms with Gasteiger partial charge in [-0.15, -0.1) is 0 Å². The summed E-state index contributed by atoms with van der Waals surface area (Å²) in [6.45, 7) is 2.08. The molecule has 0 saturated heterocycles. The molecule has 0 spiro atoms. The van der Waals surface area contributed by atoms with Gasteiger partial charge >= 0.3 is 0 Å². The largest absolute Gasteiger partial charge is 0.507 e. The van der Waals surface area contributed by atoms with Crippen LogP contribution in [0.1, 0.15) is 38.8 Å². The Morgan fingerprint density at radius 3 is 2.59 bits per heavy atom. The summed E-state index contributed by atoms with van der Waals surface area (Å²) in [7, 11) is 3.13. The smallest absolute Gasteiger partial charge is 0.273 e. The van der Waals surface area contributed by atoms with Crippen LogP contribution < -0.4 is 9.47 Å². The van der Waals surface area contributed by atoms with Crippen molar-refractivity contribution in [1.29, 1.82) is 0 Å². The van der Waals surface area contributed by atoms with Gasteiger partial charge < -0.3 is 19.5 Å². The number of amides is 1. The van der Waals surface area contributed by atoms with E-state index < -0.39 is 11.9 Å². The fourth-order valence-electron chi connectivity index (χ4n) is 4.79. The Balaban J connectivity index is 1.58. The summed E-state index contributed by atoms with van der Waals surface area (Å²) in [5.74, 6) is 0.416. The Morgan fingerprint density at radius 2 is 1.86 bits per heavy atom. The van der Waals surface area contributed by atoms with Gasteiger partial charge in [-0.05, 0) is 54.8 Å². The van der Waals surface area contributed by atoms with E-state index in [1.165, 1.54) is 6.07 Å². The Bertz CT molecular complexity index is 1500. The first-order chi connectivity index (χ1) is 17.8. The molecule has 0 bridgehead atoms. The average molecular weight is 522 g/mol. The maximum Gasteiger partial charge on any atom is 0.273 e. The first kappa shape index (κ1) is 24.6. The Morgan fingerprint density at radius 1 is 1.11 bits per heavy atom. The molecule has 37 heavy (non-hydrogen) atoms. The molecule has 1 aliphatic rings. The van der Waals surface area contributed by atoms with E-state index in [-0.39, 0.29) is 17.4 Å². The lowest BCUT2D eigenvalue weighted by Gasteiger charge is -2.27. The van der Waals surface area contributed by atoms with E-state index in [0.717, 1.165) is 5.56 Å². The number of phenols is 1. The van der Waals surface area contributed by atoms with E-state index in [9.17, 15) is 9.90 Å². The summed E-state index contributed by atoms with van der Waals surface area (Å²) in [6, 6.07) is 14.3. The molecule has 2 heterocycles. The second-order valence-electron chi connectivity index (χ2n) is 8.84. The molecule has 1 aliphatic heterocycles. The highest BCUT2D eigenvalue weighted by atomic mass is 35.5. The van der Waals surface area contributed by atoms with Gasteiger partial charge in [0.25, 0.3) is 5.91 Å². The van der Waals surface area contributed by atoms with Crippen LogP contribution in [0.5, 0.6) is 17.2 Å². The van der Waals surface area contributed by atoms with Gasteiger partial charge in [0.05, 0.1) is 20.3 Å². The molecule has 4 aromatic rings. The molecule has 0 fully saturated rings. The molecular weight excluding hydrogens is 497 g/mol. The molecule has 5 rings (SSSR count). The van der Waals surface area contributed by atoms with Crippen molar-refractivity contribution in [3.05, 3.63) is 93.4 Å². The normalized spacial score (nSPS) is 14.7. The van der Waals surface area contributed by atoms with Gasteiger partial charge in [-0.2, -0.15) is 5.10 Å². The Labute approximate surface area is 218 Å². The number of rotatable bonds is 7. The third-order valence-corrected chi connectivity index (χ3v) is 7.09. The Hall–Kier alpha value is -4.04. The summed E-state index contributed by atoms with van der Waals surface area (Å²) in [5, 5.41) is 18.3. The number of H-pyrrole nitrogens is 1. The monoisotopic (exact) mass is 521 g/mol. The highest BCUT2D eigenvalue weighted by molar-refractivity contribution is 6.31. The van der Waals surface area contributed by atoms with Gasteiger partial charge in [0.1, 0.15) is 23.0 Å². The summed E-state index contributed by atoms with van der Waals surface area (Å²) < 4.78 is 25.9. The average Bonchev–Trinajstić information content (AvgIpc) is 3.43. The fraction of sp³-hybridized carbons (Fsp3) is 0.214. The molecule has 190 valence electrons. The van der Waals surface area contributed by atoms with Gasteiger partial charge in [-0.25, -0.2) is 4.39 Å². The van der Waals surface area contributed by atoms with Crippen molar-refractivity contribution in [2.75, 3.05) is 20.8 Å². The number of benzene rings is 3. The number of carbonyl (C=O) groups is 1. The van der Waals surface area contributed by atoms with Crippen molar-refractivity contribution >= 4 is 17.5 Å². The van der Waals surface area contributed by atoms with E-state index >= 15 is 4.39 Å². The number of nitrogens with one attached hydrogen (secondary N) is 1. The van der Waals surface area contributed by atoms with Crippen LogP contribution in [0.2, 0.25) is 5.02 Å². The predicted octanol–water partition coefficient (Wildman–Crippen LogP) is 5.69. The molecule has 0 saturated carbocycles. The molecule has 2 N–H and O–H groups in total. The number of hydrogen-bond acceptors (Lipinski definition) is 5. The number of nitrogens with zero attached hydrogens (tertiary/aromatic N) is 2. The molecule has 0 radical (unpaired) electrons. The van der Waals surface area contributed by atoms with Crippen molar-refractivity contribution in [3.63, 3.8) is 0 Å². The van der Waals surface area contributed by atoms with Crippen molar-refractivity contribution in [2.24, 2.45) is 0 Å². The second kappa shape index (κ2) is 9.78. The molecule has 1 atom stereocenters. The summed E-state index contributed by atoms with van der Waals surface area (Å²) >= 11 is 6.35. The lowest BCUT2D eigenvalue weighted by Crippen LogP contribution is -2.32. The summed E-state index contributed by atoms with van der Waals surface area (Å²) in [5.41, 5.74) is 3.43. The van der Waals surface area contributed by atoms with Crippen LogP contribution in [0.4, 0.5) is 4.39 Å². The SMILES string of the molecule is COc1ccc(CCN2C(=O)c3[nH]nc(-c4cc(Cl)c(C)cc4O)c3[C@@H]2c2ccccc2F)cc1OC. The molecule has 9 heteroatoms. The zero-order chi connectivity index (χ0) is 26.3.